The molecule has 2 aromatic rings. The van der Waals surface area contributed by atoms with Crippen LogP contribution in [0, 0.1) is 0 Å². The maximum Gasteiger partial charge on any atom is 0.269 e. The third-order valence-electron chi connectivity index (χ3n) is 1.39. The monoisotopic (exact) mass is 197 g/mol. The third kappa shape index (κ3) is 1.72. The lowest BCUT2D eigenvalue weighted by atomic mass is 10.4. The minimum atomic E-state index is 0.401. The Kier molecular flexibility index (Phi) is 2.31. The lowest BCUT2D eigenvalue weighted by molar-refractivity contribution is 0.418. The Hall–Kier alpha value is -1.30. The number of hydrogen-bond donors (Lipinski definition) is 0. The van der Waals surface area contributed by atoms with Crippen molar-refractivity contribution in [2.24, 2.45) is 0 Å². The summed E-state index contributed by atoms with van der Waals surface area (Å²) in [5.41, 5.74) is 0.569. The van der Waals surface area contributed by atoms with E-state index in [1.807, 2.05) is 6.26 Å². The first-order valence-corrected chi connectivity index (χ1v) is 5.01. The van der Waals surface area contributed by atoms with Gasteiger partial charge in [-0.3, -0.25) is 0 Å². The molecule has 0 bridgehead atoms. The summed E-state index contributed by atoms with van der Waals surface area (Å²) >= 11 is 1.63. The van der Waals surface area contributed by atoms with Gasteiger partial charge in [-0.1, -0.05) is 5.16 Å². The van der Waals surface area contributed by atoms with Crippen LogP contribution < -0.4 is 0 Å². The van der Waals surface area contributed by atoms with Gasteiger partial charge in [-0.25, -0.2) is 0 Å². The molecule has 0 aromatic carbocycles. The Morgan fingerprint density at radius 1 is 1.46 bits per heavy atom. The van der Waals surface area contributed by atoms with Crippen LogP contribution in [0.3, 0.4) is 0 Å². The zero-order valence-electron chi connectivity index (χ0n) is 6.93. The van der Waals surface area contributed by atoms with Crippen LogP contribution in [0.1, 0.15) is 5.89 Å². The topological polar surface area (TPSA) is 65.0 Å². The molecule has 0 radical (unpaired) electrons. The molecule has 0 atom stereocenters. The highest BCUT2D eigenvalue weighted by molar-refractivity contribution is 7.97. The van der Waals surface area contributed by atoms with Crippen molar-refractivity contribution in [2.45, 2.75) is 5.75 Å². The lowest BCUT2D eigenvalue weighted by Gasteiger charge is -1.85. The van der Waals surface area contributed by atoms with E-state index in [1.54, 1.807) is 17.8 Å². The molecule has 0 aliphatic rings. The average Bonchev–Trinajstić information content (AvgIpc) is 2.70. The lowest BCUT2D eigenvalue weighted by Crippen LogP contribution is -1.77. The highest BCUT2D eigenvalue weighted by atomic mass is 32.2. The summed E-state index contributed by atoms with van der Waals surface area (Å²) in [7, 11) is 0. The zero-order valence-corrected chi connectivity index (χ0v) is 7.74. The van der Waals surface area contributed by atoms with Gasteiger partial charge in [0.05, 0.1) is 5.75 Å². The molecule has 13 heavy (non-hydrogen) atoms. The van der Waals surface area contributed by atoms with Crippen LogP contribution in [-0.4, -0.2) is 21.6 Å². The van der Waals surface area contributed by atoms with Gasteiger partial charge in [-0.2, -0.15) is 11.8 Å². The van der Waals surface area contributed by atoms with Gasteiger partial charge >= 0.3 is 0 Å². The van der Waals surface area contributed by atoms with Crippen LogP contribution >= 0.6 is 11.8 Å². The van der Waals surface area contributed by atoms with Crippen molar-refractivity contribution in [1.29, 1.82) is 0 Å². The summed E-state index contributed by atoms with van der Waals surface area (Å²) in [4.78, 5) is 0. The molecule has 0 saturated heterocycles. The van der Waals surface area contributed by atoms with Crippen LogP contribution in [-0.2, 0) is 5.75 Å². The van der Waals surface area contributed by atoms with E-state index in [4.69, 9.17) is 4.42 Å². The molecule has 6 heteroatoms. The Balaban J connectivity index is 2.23. The van der Waals surface area contributed by atoms with E-state index in [2.05, 4.69) is 19.9 Å². The maximum atomic E-state index is 5.30. The Labute approximate surface area is 78.5 Å². The fraction of sp³-hybridized carbons (Fsp3) is 0.286. The first-order valence-electron chi connectivity index (χ1n) is 3.62. The second-order valence-corrected chi connectivity index (χ2v) is 3.18. The molecular formula is C7H7N3O2S. The molecule has 0 fully saturated rings. The quantitative estimate of drug-likeness (QED) is 0.744. The molecule has 2 aromatic heterocycles. The smallest absolute Gasteiger partial charge is 0.269 e. The van der Waals surface area contributed by atoms with Crippen LogP contribution in [0.4, 0.5) is 0 Å². The fourth-order valence-electron chi connectivity index (χ4n) is 0.862. The van der Waals surface area contributed by atoms with Gasteiger partial charge in [0, 0.05) is 6.07 Å². The molecule has 0 N–H and O–H groups in total. The summed E-state index contributed by atoms with van der Waals surface area (Å²) in [5, 5.41) is 11.3. The summed E-state index contributed by atoms with van der Waals surface area (Å²) in [6, 6.07) is 1.68. The highest BCUT2D eigenvalue weighted by Gasteiger charge is 2.09. The Morgan fingerprint density at radius 2 is 2.38 bits per heavy atom. The molecule has 0 aliphatic carbocycles. The van der Waals surface area contributed by atoms with E-state index in [9.17, 15) is 0 Å². The fourth-order valence-corrected chi connectivity index (χ4v) is 1.23. The normalized spacial score (nSPS) is 10.5. The minimum Gasteiger partial charge on any atom is -0.418 e. The van der Waals surface area contributed by atoms with E-state index < -0.39 is 0 Å². The molecule has 0 aliphatic heterocycles. The molecule has 2 heterocycles. The van der Waals surface area contributed by atoms with Crippen molar-refractivity contribution in [3.8, 4) is 11.6 Å². The van der Waals surface area contributed by atoms with E-state index in [0.29, 0.717) is 23.2 Å². The van der Waals surface area contributed by atoms with Crippen molar-refractivity contribution in [3.05, 3.63) is 18.2 Å². The number of nitrogens with zero attached hydrogens (tertiary/aromatic N) is 3. The van der Waals surface area contributed by atoms with E-state index in [1.165, 1.54) is 6.26 Å². The number of aromatic nitrogens is 3. The van der Waals surface area contributed by atoms with Crippen molar-refractivity contribution in [1.82, 2.24) is 15.4 Å². The van der Waals surface area contributed by atoms with Crippen LogP contribution in [0.2, 0.25) is 0 Å². The molecule has 0 saturated carbocycles. The molecule has 5 nitrogen and oxygen atoms in total. The van der Waals surface area contributed by atoms with Crippen molar-refractivity contribution in [2.75, 3.05) is 6.26 Å². The summed E-state index contributed by atoms with van der Waals surface area (Å²) < 4.78 is 9.96. The van der Waals surface area contributed by atoms with Gasteiger partial charge in [0.15, 0.2) is 5.69 Å². The van der Waals surface area contributed by atoms with Gasteiger partial charge < -0.3 is 8.94 Å². The van der Waals surface area contributed by atoms with Gasteiger partial charge in [0.2, 0.25) is 5.89 Å². The predicted molar refractivity (Wildman–Crippen MR) is 47.0 cm³/mol. The standard InChI is InChI=1S/C7H7N3O2S/c1-13-4-6-8-9-7(12-6)5-2-3-11-10-5/h2-3H,4H2,1H3. The molecule has 0 unspecified atom stereocenters. The van der Waals surface area contributed by atoms with E-state index >= 15 is 0 Å². The first kappa shape index (κ1) is 8.31. The number of rotatable bonds is 3. The average molecular weight is 197 g/mol. The predicted octanol–water partition coefficient (Wildman–Crippen LogP) is 1.59. The van der Waals surface area contributed by atoms with Gasteiger partial charge in [-0.05, 0) is 6.26 Å². The van der Waals surface area contributed by atoms with Crippen LogP contribution in [0.5, 0.6) is 0 Å². The molecular weight excluding hydrogens is 190 g/mol. The van der Waals surface area contributed by atoms with Gasteiger partial charge in [-0.15, -0.1) is 10.2 Å². The Bertz CT molecular complexity index is 371. The number of thioether (sulfide) groups is 1. The molecule has 68 valence electrons. The van der Waals surface area contributed by atoms with Crippen LogP contribution in [0.15, 0.2) is 21.3 Å². The number of hydrogen-bond acceptors (Lipinski definition) is 6. The van der Waals surface area contributed by atoms with Gasteiger partial charge in [0.1, 0.15) is 6.26 Å². The minimum absolute atomic E-state index is 0.401. The van der Waals surface area contributed by atoms with Crippen LogP contribution in [0.25, 0.3) is 11.6 Å². The first-order chi connectivity index (χ1) is 6.40. The second-order valence-electron chi connectivity index (χ2n) is 2.32. The summed E-state index contributed by atoms with van der Waals surface area (Å²) in [6.07, 6.45) is 3.44. The SMILES string of the molecule is CSCc1nnc(-c2ccon2)o1. The van der Waals surface area contributed by atoms with E-state index in [0.717, 1.165) is 0 Å². The largest absolute Gasteiger partial charge is 0.418 e. The van der Waals surface area contributed by atoms with Gasteiger partial charge in [0.25, 0.3) is 5.89 Å². The van der Waals surface area contributed by atoms with E-state index in [-0.39, 0.29) is 0 Å². The summed E-state index contributed by atoms with van der Waals surface area (Å²) in [6.45, 7) is 0. The Morgan fingerprint density at radius 3 is 3.08 bits per heavy atom. The second kappa shape index (κ2) is 3.61. The molecule has 0 amide bonds. The highest BCUT2D eigenvalue weighted by Crippen LogP contribution is 2.16. The molecule has 2 rings (SSSR count). The van der Waals surface area contributed by atoms with Crippen molar-refractivity contribution in [3.63, 3.8) is 0 Å². The summed E-state index contributed by atoms with van der Waals surface area (Å²) in [5.74, 6) is 1.72. The molecule has 0 spiro atoms. The zero-order chi connectivity index (χ0) is 9.10. The maximum absolute atomic E-state index is 5.30. The van der Waals surface area contributed by atoms with Crippen molar-refractivity contribution >= 4 is 11.8 Å². The third-order valence-corrected chi connectivity index (χ3v) is 1.93. The van der Waals surface area contributed by atoms with Crippen molar-refractivity contribution < 1.29 is 8.94 Å².